The number of Topliss-reactive ketones (excluding diaryl/α,β-unsaturated/α-hetero) is 1. The first-order chi connectivity index (χ1) is 13.4. The number of hydrogen-bond donors (Lipinski definition) is 1. The second-order valence-electron chi connectivity index (χ2n) is 6.18. The van der Waals surface area contributed by atoms with E-state index in [0.29, 0.717) is 16.4 Å². The lowest BCUT2D eigenvalue weighted by Crippen LogP contribution is -2.55. The van der Waals surface area contributed by atoms with Crippen LogP contribution in [-0.4, -0.2) is 35.5 Å². The van der Waals surface area contributed by atoms with E-state index in [2.05, 4.69) is 10.5 Å². The molecule has 1 atom stereocenters. The standard InChI is InChI=1S/C20H18ClN3O4/c1-3-28-19(27)20(2)17(23-22-14-9-7-8-13(21)12-14)16(25)18(26)24(20)15-10-5-4-6-11-15/h4-12,22H,3H2,1-2H3. The topological polar surface area (TPSA) is 88.1 Å². The molecule has 0 radical (unpaired) electrons. The maximum Gasteiger partial charge on any atom is 0.338 e. The Hall–Kier alpha value is -3.19. The number of rotatable bonds is 5. The fourth-order valence-corrected chi connectivity index (χ4v) is 3.17. The molecular formula is C20H18ClN3O4. The van der Waals surface area contributed by atoms with Crippen LogP contribution in [0.5, 0.6) is 0 Å². The number of halogens is 1. The summed E-state index contributed by atoms with van der Waals surface area (Å²) in [5, 5.41) is 4.56. The maximum absolute atomic E-state index is 12.8. The Morgan fingerprint density at radius 2 is 1.89 bits per heavy atom. The molecule has 0 bridgehead atoms. The number of hydrazone groups is 1. The SMILES string of the molecule is CCOC(=O)C1(C)C(=NNc2cccc(Cl)c2)C(=O)C(=O)N1c1ccccc1. The molecule has 1 N–H and O–H groups in total. The quantitative estimate of drug-likeness (QED) is 0.474. The number of anilines is 2. The molecule has 0 spiro atoms. The summed E-state index contributed by atoms with van der Waals surface area (Å²) in [5.74, 6) is -2.48. The van der Waals surface area contributed by atoms with Gasteiger partial charge in [-0.2, -0.15) is 5.10 Å². The van der Waals surface area contributed by atoms with Crippen LogP contribution in [0.2, 0.25) is 5.02 Å². The molecule has 8 heteroatoms. The number of ketones is 1. The number of nitrogens with one attached hydrogen (secondary N) is 1. The number of ether oxygens (including phenoxy) is 1. The van der Waals surface area contributed by atoms with Crippen LogP contribution >= 0.6 is 11.6 Å². The Bertz CT molecular complexity index is 961. The second kappa shape index (κ2) is 7.82. The van der Waals surface area contributed by atoms with Crippen LogP contribution in [0.4, 0.5) is 11.4 Å². The van der Waals surface area contributed by atoms with Crippen LogP contribution in [0.3, 0.4) is 0 Å². The Balaban J connectivity index is 2.09. The zero-order valence-corrected chi connectivity index (χ0v) is 16.1. The predicted molar refractivity (Wildman–Crippen MR) is 106 cm³/mol. The number of carbonyl (C=O) groups is 3. The van der Waals surface area contributed by atoms with E-state index >= 15 is 0 Å². The molecule has 2 aromatic rings. The minimum atomic E-state index is -1.71. The first-order valence-electron chi connectivity index (χ1n) is 8.60. The fourth-order valence-electron chi connectivity index (χ4n) is 2.98. The van der Waals surface area contributed by atoms with Gasteiger partial charge in [0.25, 0.3) is 5.78 Å². The lowest BCUT2D eigenvalue weighted by Gasteiger charge is -2.31. The first kappa shape index (κ1) is 19.6. The average molecular weight is 400 g/mol. The third-order valence-electron chi connectivity index (χ3n) is 4.33. The van der Waals surface area contributed by atoms with Gasteiger partial charge in [0, 0.05) is 10.7 Å². The lowest BCUT2D eigenvalue weighted by atomic mass is 9.95. The molecule has 7 nitrogen and oxygen atoms in total. The number of amides is 1. The van der Waals surface area contributed by atoms with Crippen molar-refractivity contribution < 1.29 is 19.1 Å². The van der Waals surface area contributed by atoms with E-state index in [1.165, 1.54) is 6.92 Å². The highest BCUT2D eigenvalue weighted by molar-refractivity contribution is 6.75. The molecule has 1 fully saturated rings. The monoisotopic (exact) mass is 399 g/mol. The van der Waals surface area contributed by atoms with Crippen LogP contribution in [-0.2, 0) is 19.1 Å². The van der Waals surface area contributed by atoms with Gasteiger partial charge in [-0.05, 0) is 44.2 Å². The van der Waals surface area contributed by atoms with Crippen molar-refractivity contribution in [3.63, 3.8) is 0 Å². The van der Waals surface area contributed by atoms with Crippen LogP contribution < -0.4 is 10.3 Å². The van der Waals surface area contributed by atoms with Crippen molar-refractivity contribution in [3.05, 3.63) is 59.6 Å². The van der Waals surface area contributed by atoms with Crippen molar-refractivity contribution in [2.45, 2.75) is 19.4 Å². The van der Waals surface area contributed by atoms with Gasteiger partial charge in [-0.25, -0.2) is 4.79 Å². The summed E-state index contributed by atoms with van der Waals surface area (Å²) in [6, 6.07) is 15.1. The van der Waals surface area contributed by atoms with Crippen molar-refractivity contribution in [1.82, 2.24) is 0 Å². The van der Waals surface area contributed by atoms with Crippen molar-refractivity contribution in [3.8, 4) is 0 Å². The van der Waals surface area contributed by atoms with Crippen LogP contribution in [0.15, 0.2) is 59.7 Å². The second-order valence-corrected chi connectivity index (χ2v) is 6.62. The Labute approximate surface area is 166 Å². The van der Waals surface area contributed by atoms with Gasteiger partial charge in [-0.15, -0.1) is 0 Å². The number of benzene rings is 2. The molecule has 1 amide bonds. The maximum atomic E-state index is 12.8. The van der Waals surface area contributed by atoms with Gasteiger partial charge >= 0.3 is 11.9 Å². The van der Waals surface area contributed by atoms with Gasteiger partial charge in [0.05, 0.1) is 12.3 Å². The summed E-state index contributed by atoms with van der Waals surface area (Å²) in [7, 11) is 0. The number of hydrogen-bond acceptors (Lipinski definition) is 6. The van der Waals surface area contributed by atoms with Crippen LogP contribution in [0.25, 0.3) is 0 Å². The molecule has 144 valence electrons. The molecule has 0 saturated carbocycles. The molecule has 1 aliphatic rings. The smallest absolute Gasteiger partial charge is 0.338 e. The van der Waals surface area contributed by atoms with Crippen molar-refractivity contribution in [2.24, 2.45) is 5.10 Å². The summed E-state index contributed by atoms with van der Waals surface area (Å²) < 4.78 is 5.16. The summed E-state index contributed by atoms with van der Waals surface area (Å²) in [6.07, 6.45) is 0. The van der Waals surface area contributed by atoms with Gasteiger partial charge in [-0.1, -0.05) is 35.9 Å². The minimum Gasteiger partial charge on any atom is -0.464 e. The molecule has 1 saturated heterocycles. The predicted octanol–water partition coefficient (Wildman–Crippen LogP) is 3.05. The number of esters is 1. The molecular weight excluding hydrogens is 382 g/mol. The molecule has 2 aromatic carbocycles. The molecule has 0 aliphatic carbocycles. The summed E-state index contributed by atoms with van der Waals surface area (Å²) >= 11 is 5.95. The highest BCUT2D eigenvalue weighted by atomic mass is 35.5. The zero-order chi connectivity index (χ0) is 20.3. The fraction of sp³-hybridized carbons (Fsp3) is 0.200. The number of carbonyl (C=O) groups excluding carboxylic acids is 3. The van der Waals surface area contributed by atoms with E-state index in [0.717, 1.165) is 4.90 Å². The molecule has 3 rings (SSSR count). The first-order valence-corrected chi connectivity index (χ1v) is 8.98. The lowest BCUT2D eigenvalue weighted by molar-refractivity contribution is -0.147. The minimum absolute atomic E-state index is 0.0917. The largest absolute Gasteiger partial charge is 0.464 e. The molecule has 1 unspecified atom stereocenters. The van der Waals surface area contributed by atoms with Crippen LogP contribution in [0, 0.1) is 0 Å². The number of nitrogens with zero attached hydrogens (tertiary/aromatic N) is 2. The van der Waals surface area contributed by atoms with Crippen molar-refractivity contribution in [1.29, 1.82) is 0 Å². The Morgan fingerprint density at radius 1 is 1.18 bits per heavy atom. The zero-order valence-electron chi connectivity index (χ0n) is 15.3. The third-order valence-corrected chi connectivity index (χ3v) is 4.56. The van der Waals surface area contributed by atoms with Gasteiger partial charge in [0.1, 0.15) is 0 Å². The van der Waals surface area contributed by atoms with E-state index in [4.69, 9.17) is 16.3 Å². The number of para-hydroxylation sites is 1. The molecule has 1 heterocycles. The third kappa shape index (κ3) is 3.36. The van der Waals surface area contributed by atoms with Gasteiger partial charge < -0.3 is 4.74 Å². The van der Waals surface area contributed by atoms with E-state index < -0.39 is 23.2 Å². The van der Waals surface area contributed by atoms with Gasteiger partial charge in [-0.3, -0.25) is 19.9 Å². The van der Waals surface area contributed by atoms with E-state index in [-0.39, 0.29) is 12.3 Å². The van der Waals surface area contributed by atoms with Gasteiger partial charge in [0.2, 0.25) is 0 Å². The summed E-state index contributed by atoms with van der Waals surface area (Å²) in [5.41, 5.74) is 1.63. The highest BCUT2D eigenvalue weighted by Crippen LogP contribution is 2.33. The molecule has 1 aliphatic heterocycles. The molecule has 28 heavy (non-hydrogen) atoms. The summed E-state index contributed by atoms with van der Waals surface area (Å²) in [6.45, 7) is 3.18. The average Bonchev–Trinajstić information content (AvgIpc) is 2.88. The van der Waals surface area contributed by atoms with Crippen molar-refractivity contribution >= 4 is 46.3 Å². The Kier molecular flexibility index (Phi) is 5.46. The van der Waals surface area contributed by atoms with E-state index in [1.54, 1.807) is 61.5 Å². The van der Waals surface area contributed by atoms with E-state index in [9.17, 15) is 14.4 Å². The Morgan fingerprint density at radius 3 is 2.54 bits per heavy atom. The van der Waals surface area contributed by atoms with E-state index in [1.807, 2.05) is 0 Å². The van der Waals surface area contributed by atoms with Crippen LogP contribution in [0.1, 0.15) is 13.8 Å². The summed E-state index contributed by atoms with van der Waals surface area (Å²) in [4.78, 5) is 39.4. The highest BCUT2D eigenvalue weighted by Gasteiger charge is 2.60. The van der Waals surface area contributed by atoms with Crippen molar-refractivity contribution in [2.75, 3.05) is 16.9 Å². The normalized spacial score (nSPS) is 20.5. The molecule has 0 aromatic heterocycles. The van der Waals surface area contributed by atoms with Gasteiger partial charge in [0.15, 0.2) is 11.3 Å².